The van der Waals surface area contributed by atoms with Crippen molar-refractivity contribution in [1.29, 1.82) is 0 Å². The van der Waals surface area contributed by atoms with Crippen molar-refractivity contribution in [3.05, 3.63) is 52.8 Å². The van der Waals surface area contributed by atoms with Gasteiger partial charge < -0.3 is 9.47 Å². The molecule has 1 N–H and O–H groups in total. The summed E-state index contributed by atoms with van der Waals surface area (Å²) >= 11 is 6.12. The molecule has 0 saturated heterocycles. The van der Waals surface area contributed by atoms with Crippen molar-refractivity contribution in [2.24, 2.45) is 5.92 Å². The van der Waals surface area contributed by atoms with E-state index < -0.39 is 27.3 Å². The van der Waals surface area contributed by atoms with Crippen molar-refractivity contribution in [1.82, 2.24) is 4.72 Å². The molecule has 0 aromatic heterocycles. The van der Waals surface area contributed by atoms with E-state index in [1.165, 1.54) is 25.3 Å². The number of halogens is 2. The Kier molecular flexibility index (Phi) is 6.64. The predicted molar refractivity (Wildman–Crippen MR) is 107 cm³/mol. The van der Waals surface area contributed by atoms with Crippen LogP contribution in [0.25, 0.3) is 0 Å². The fourth-order valence-corrected chi connectivity index (χ4v) is 4.42. The standard InChI is InChI=1S/C20H21ClFNO5S/c1-27-14-7-4-8-15(9-14)29(25,26)23-20(24)16-10-17(21)19(11-18(16)22)28-12-13-5-2-3-6-13/h4,7-11,13H,2-3,5-6,12H2,1H3,(H,23,24). The van der Waals surface area contributed by atoms with E-state index in [0.29, 0.717) is 18.3 Å². The molecule has 1 saturated carbocycles. The molecule has 0 radical (unpaired) electrons. The van der Waals surface area contributed by atoms with Gasteiger partial charge in [-0.05, 0) is 37.0 Å². The van der Waals surface area contributed by atoms with Crippen LogP contribution in [0.2, 0.25) is 5.02 Å². The predicted octanol–water partition coefficient (Wildman–Crippen LogP) is 4.18. The van der Waals surface area contributed by atoms with Gasteiger partial charge in [-0.2, -0.15) is 0 Å². The van der Waals surface area contributed by atoms with Gasteiger partial charge in [0.2, 0.25) is 0 Å². The number of sulfonamides is 1. The van der Waals surface area contributed by atoms with Crippen LogP contribution in [0.4, 0.5) is 4.39 Å². The van der Waals surface area contributed by atoms with Gasteiger partial charge >= 0.3 is 0 Å². The summed E-state index contributed by atoms with van der Waals surface area (Å²) in [6.45, 7) is 0.426. The van der Waals surface area contributed by atoms with E-state index in [1.807, 2.05) is 4.72 Å². The van der Waals surface area contributed by atoms with E-state index in [2.05, 4.69) is 0 Å². The zero-order valence-electron chi connectivity index (χ0n) is 15.8. The molecule has 0 spiro atoms. The number of carbonyl (C=O) groups excluding carboxylic acids is 1. The quantitative estimate of drug-likeness (QED) is 0.697. The maximum atomic E-state index is 14.5. The van der Waals surface area contributed by atoms with Crippen LogP contribution in [-0.2, 0) is 10.0 Å². The maximum Gasteiger partial charge on any atom is 0.268 e. The largest absolute Gasteiger partial charge is 0.497 e. The molecule has 1 fully saturated rings. The van der Waals surface area contributed by atoms with Gasteiger partial charge in [0, 0.05) is 12.1 Å². The number of amides is 1. The highest BCUT2D eigenvalue weighted by Crippen LogP contribution is 2.31. The highest BCUT2D eigenvalue weighted by Gasteiger charge is 2.23. The molecule has 6 nitrogen and oxygen atoms in total. The van der Waals surface area contributed by atoms with E-state index in [1.54, 1.807) is 6.07 Å². The van der Waals surface area contributed by atoms with Gasteiger partial charge in [0.15, 0.2) is 0 Å². The Balaban J connectivity index is 1.75. The van der Waals surface area contributed by atoms with Crippen LogP contribution in [0.1, 0.15) is 36.0 Å². The van der Waals surface area contributed by atoms with Gasteiger partial charge in [-0.15, -0.1) is 0 Å². The molecule has 3 rings (SSSR count). The number of benzene rings is 2. The Bertz CT molecular complexity index is 1010. The van der Waals surface area contributed by atoms with Gasteiger partial charge in [0.05, 0.1) is 29.2 Å². The molecule has 1 aliphatic carbocycles. The smallest absolute Gasteiger partial charge is 0.268 e. The number of rotatable bonds is 7. The molecular formula is C20H21ClFNO5S. The highest BCUT2D eigenvalue weighted by atomic mass is 35.5. The zero-order chi connectivity index (χ0) is 21.0. The number of hydrogen-bond donors (Lipinski definition) is 1. The van der Waals surface area contributed by atoms with Crippen LogP contribution in [0.3, 0.4) is 0 Å². The van der Waals surface area contributed by atoms with E-state index in [0.717, 1.165) is 37.8 Å². The molecule has 0 bridgehead atoms. The van der Waals surface area contributed by atoms with Gasteiger partial charge in [0.1, 0.15) is 17.3 Å². The van der Waals surface area contributed by atoms with Crippen LogP contribution in [0.5, 0.6) is 11.5 Å². The lowest BCUT2D eigenvalue weighted by Crippen LogP contribution is -2.31. The second kappa shape index (κ2) is 9.00. The third kappa shape index (κ3) is 5.19. The van der Waals surface area contributed by atoms with Crippen molar-refractivity contribution >= 4 is 27.5 Å². The Morgan fingerprint density at radius 3 is 2.66 bits per heavy atom. The Hall–Kier alpha value is -2.32. The van der Waals surface area contributed by atoms with Gasteiger partial charge in [0.25, 0.3) is 15.9 Å². The van der Waals surface area contributed by atoms with Crippen molar-refractivity contribution in [3.8, 4) is 11.5 Å². The Morgan fingerprint density at radius 2 is 1.97 bits per heavy atom. The van der Waals surface area contributed by atoms with Crippen LogP contribution in [-0.4, -0.2) is 28.0 Å². The lowest BCUT2D eigenvalue weighted by atomic mass is 10.1. The second-order valence-electron chi connectivity index (χ2n) is 6.84. The first-order valence-corrected chi connectivity index (χ1v) is 11.0. The molecule has 1 aliphatic rings. The summed E-state index contributed by atoms with van der Waals surface area (Å²) in [4.78, 5) is 12.2. The first kappa shape index (κ1) is 21.4. The first-order valence-electron chi connectivity index (χ1n) is 9.13. The number of nitrogens with one attached hydrogen (secondary N) is 1. The molecule has 9 heteroatoms. The molecule has 2 aromatic rings. The molecule has 29 heavy (non-hydrogen) atoms. The van der Waals surface area contributed by atoms with Crippen molar-refractivity contribution in [3.63, 3.8) is 0 Å². The third-order valence-corrected chi connectivity index (χ3v) is 6.42. The van der Waals surface area contributed by atoms with Crippen LogP contribution < -0.4 is 14.2 Å². The minimum absolute atomic E-state index is 0.0355. The van der Waals surface area contributed by atoms with E-state index in [9.17, 15) is 17.6 Å². The summed E-state index contributed by atoms with van der Waals surface area (Å²) in [6.07, 6.45) is 4.42. The summed E-state index contributed by atoms with van der Waals surface area (Å²) in [6, 6.07) is 7.64. The number of carbonyl (C=O) groups is 1. The highest BCUT2D eigenvalue weighted by molar-refractivity contribution is 7.90. The van der Waals surface area contributed by atoms with E-state index in [-0.39, 0.29) is 15.7 Å². The average Bonchev–Trinajstić information content (AvgIpc) is 3.21. The summed E-state index contributed by atoms with van der Waals surface area (Å²) in [7, 11) is -2.83. The van der Waals surface area contributed by atoms with Crippen molar-refractivity contribution < 1.29 is 27.1 Å². The molecule has 0 aliphatic heterocycles. The summed E-state index contributed by atoms with van der Waals surface area (Å²) in [5.41, 5.74) is -0.491. The van der Waals surface area contributed by atoms with Crippen LogP contribution >= 0.6 is 11.6 Å². The first-order chi connectivity index (χ1) is 13.8. The molecular weight excluding hydrogens is 421 g/mol. The van der Waals surface area contributed by atoms with Crippen molar-refractivity contribution in [2.75, 3.05) is 13.7 Å². The Labute approximate surface area is 174 Å². The second-order valence-corrected chi connectivity index (χ2v) is 8.93. The fourth-order valence-electron chi connectivity index (χ4n) is 3.20. The third-order valence-electron chi connectivity index (χ3n) is 4.79. The lowest BCUT2D eigenvalue weighted by Gasteiger charge is -2.14. The SMILES string of the molecule is COc1cccc(S(=O)(=O)NC(=O)c2cc(Cl)c(OCC3CCCC3)cc2F)c1. The Morgan fingerprint density at radius 1 is 1.24 bits per heavy atom. The lowest BCUT2D eigenvalue weighted by molar-refractivity contribution is 0.0977. The molecule has 0 atom stereocenters. The fraction of sp³-hybridized carbons (Fsp3) is 0.350. The normalized spacial score (nSPS) is 14.6. The molecule has 156 valence electrons. The minimum Gasteiger partial charge on any atom is -0.497 e. The maximum absolute atomic E-state index is 14.5. The monoisotopic (exact) mass is 441 g/mol. The van der Waals surface area contributed by atoms with E-state index in [4.69, 9.17) is 21.1 Å². The van der Waals surface area contributed by atoms with Crippen molar-refractivity contribution in [2.45, 2.75) is 30.6 Å². The molecule has 2 aromatic carbocycles. The summed E-state index contributed by atoms with van der Waals surface area (Å²) in [5.74, 6) is -1.21. The molecule has 0 unspecified atom stereocenters. The molecule has 0 heterocycles. The minimum atomic E-state index is -4.22. The van der Waals surface area contributed by atoms with Gasteiger partial charge in [-0.3, -0.25) is 4.79 Å². The van der Waals surface area contributed by atoms with Gasteiger partial charge in [-0.25, -0.2) is 17.5 Å². The van der Waals surface area contributed by atoms with E-state index >= 15 is 0 Å². The zero-order valence-corrected chi connectivity index (χ0v) is 17.4. The molecule has 1 amide bonds. The average molecular weight is 442 g/mol. The number of ether oxygens (including phenoxy) is 2. The number of methoxy groups -OCH3 is 1. The van der Waals surface area contributed by atoms with Gasteiger partial charge in [-0.1, -0.05) is 30.5 Å². The topological polar surface area (TPSA) is 81.7 Å². The summed E-state index contributed by atoms with van der Waals surface area (Å²) in [5, 5.41) is 0.0355. The van der Waals surface area contributed by atoms with Crippen LogP contribution in [0.15, 0.2) is 41.3 Å². The van der Waals surface area contributed by atoms with Crippen LogP contribution in [0, 0.1) is 11.7 Å². The summed E-state index contributed by atoms with van der Waals surface area (Å²) < 4.78 is 51.7. The number of hydrogen-bond acceptors (Lipinski definition) is 5.